The molecule has 0 fully saturated rings. The van der Waals surface area contributed by atoms with Crippen molar-refractivity contribution >= 4 is 11.6 Å². The lowest BCUT2D eigenvalue weighted by atomic mass is 10.1. The Kier molecular flexibility index (Phi) is 4.38. The summed E-state index contributed by atoms with van der Waals surface area (Å²) in [5.41, 5.74) is 1.93. The highest BCUT2D eigenvalue weighted by Crippen LogP contribution is 2.28. The summed E-state index contributed by atoms with van der Waals surface area (Å²) in [6.45, 7) is 3.80. The molecule has 1 amide bonds. The van der Waals surface area contributed by atoms with Crippen LogP contribution in [0.4, 0.5) is 5.69 Å². The molecule has 0 unspecified atom stereocenters. The van der Waals surface area contributed by atoms with Gasteiger partial charge in [-0.2, -0.15) is 5.06 Å². The monoisotopic (exact) mass is 270 g/mol. The third-order valence-corrected chi connectivity index (χ3v) is 2.87. The number of hydroxylamine groups is 1. The first kappa shape index (κ1) is 14.1. The number of hydrogen-bond donors (Lipinski definition) is 0. The molecule has 0 N–H and O–H groups in total. The van der Waals surface area contributed by atoms with Gasteiger partial charge in [0, 0.05) is 5.56 Å². The Labute approximate surface area is 118 Å². The molecule has 0 saturated carbocycles. The molecule has 0 spiro atoms. The molecule has 0 bridgehead atoms. The van der Waals surface area contributed by atoms with E-state index in [2.05, 4.69) is 6.92 Å². The Morgan fingerprint density at radius 2 is 1.70 bits per heavy atom. The van der Waals surface area contributed by atoms with Crippen LogP contribution in [0.1, 0.15) is 15.9 Å². The lowest BCUT2D eigenvalue weighted by Gasteiger charge is -2.21. The van der Waals surface area contributed by atoms with Crippen LogP contribution in [-0.4, -0.2) is 20.1 Å². The van der Waals surface area contributed by atoms with Gasteiger partial charge in [-0.15, -0.1) is 0 Å². The van der Waals surface area contributed by atoms with Gasteiger partial charge in [0.15, 0.2) is 0 Å². The van der Waals surface area contributed by atoms with Gasteiger partial charge in [0.1, 0.15) is 11.4 Å². The number of nitrogens with zero attached hydrogens (tertiary/aromatic N) is 1. The number of amides is 1. The molecule has 103 valence electrons. The van der Waals surface area contributed by atoms with E-state index < -0.39 is 0 Å². The zero-order valence-corrected chi connectivity index (χ0v) is 11.5. The summed E-state index contributed by atoms with van der Waals surface area (Å²) >= 11 is 0. The van der Waals surface area contributed by atoms with Crippen molar-refractivity contribution < 1.29 is 14.4 Å². The van der Waals surface area contributed by atoms with E-state index in [0.29, 0.717) is 17.0 Å². The topological polar surface area (TPSA) is 38.8 Å². The fourth-order valence-corrected chi connectivity index (χ4v) is 1.85. The van der Waals surface area contributed by atoms with Gasteiger partial charge in [-0.25, -0.2) is 0 Å². The second-order valence-electron chi connectivity index (χ2n) is 4.15. The fraction of sp³-hybridized carbons (Fsp3) is 0.125. The van der Waals surface area contributed by atoms with Gasteiger partial charge in [-0.3, -0.25) is 9.63 Å². The molecule has 2 aromatic rings. The van der Waals surface area contributed by atoms with Crippen LogP contribution in [0.25, 0.3) is 0 Å². The van der Waals surface area contributed by atoms with Gasteiger partial charge in [-0.1, -0.05) is 24.3 Å². The molecule has 1 radical (unpaired) electrons. The molecule has 4 heteroatoms. The van der Waals surface area contributed by atoms with E-state index in [9.17, 15) is 4.79 Å². The second-order valence-corrected chi connectivity index (χ2v) is 4.15. The van der Waals surface area contributed by atoms with E-state index in [1.165, 1.54) is 12.2 Å². The van der Waals surface area contributed by atoms with Crippen molar-refractivity contribution in [3.8, 4) is 5.75 Å². The van der Waals surface area contributed by atoms with Crippen LogP contribution < -0.4 is 9.80 Å². The van der Waals surface area contributed by atoms with Crippen LogP contribution >= 0.6 is 0 Å². The van der Waals surface area contributed by atoms with E-state index in [1.807, 2.05) is 12.1 Å². The van der Waals surface area contributed by atoms with E-state index in [4.69, 9.17) is 9.57 Å². The summed E-state index contributed by atoms with van der Waals surface area (Å²) in [5.74, 6) is 0.300. The first-order valence-electron chi connectivity index (χ1n) is 6.11. The SMILES string of the molecule is [CH2]c1ccc(C(=O)N(OC)c2ccccc2OC)cc1. The fourth-order valence-electron chi connectivity index (χ4n) is 1.85. The molecule has 0 atom stereocenters. The number of methoxy groups -OCH3 is 1. The van der Waals surface area contributed by atoms with E-state index in [1.54, 1.807) is 43.5 Å². The summed E-state index contributed by atoms with van der Waals surface area (Å²) in [4.78, 5) is 17.7. The number of hydrogen-bond acceptors (Lipinski definition) is 3. The average molecular weight is 270 g/mol. The quantitative estimate of drug-likeness (QED) is 0.801. The number of carbonyl (C=O) groups is 1. The highest BCUT2D eigenvalue weighted by molar-refractivity contribution is 6.05. The summed E-state index contributed by atoms with van der Waals surface area (Å²) in [6, 6.07) is 14.2. The van der Waals surface area contributed by atoms with Gasteiger partial charge in [0.25, 0.3) is 5.91 Å². The lowest BCUT2D eigenvalue weighted by molar-refractivity contribution is 0.0770. The van der Waals surface area contributed by atoms with E-state index in [-0.39, 0.29) is 5.91 Å². The third-order valence-electron chi connectivity index (χ3n) is 2.87. The van der Waals surface area contributed by atoms with Crippen LogP contribution in [0.5, 0.6) is 5.75 Å². The molecule has 0 heterocycles. The van der Waals surface area contributed by atoms with Crippen LogP contribution in [-0.2, 0) is 4.84 Å². The first-order chi connectivity index (χ1) is 9.67. The highest BCUT2D eigenvalue weighted by atomic mass is 16.7. The van der Waals surface area contributed by atoms with Crippen molar-refractivity contribution in [2.45, 2.75) is 0 Å². The molecule has 0 aliphatic carbocycles. The van der Waals surface area contributed by atoms with E-state index >= 15 is 0 Å². The average Bonchev–Trinajstić information content (AvgIpc) is 2.49. The summed E-state index contributed by atoms with van der Waals surface area (Å²) in [6.07, 6.45) is 0. The van der Waals surface area contributed by atoms with Crippen LogP contribution in [0.3, 0.4) is 0 Å². The van der Waals surface area contributed by atoms with Crippen molar-refractivity contribution in [2.75, 3.05) is 19.3 Å². The van der Waals surface area contributed by atoms with Crippen molar-refractivity contribution in [1.29, 1.82) is 0 Å². The molecular weight excluding hydrogens is 254 g/mol. The first-order valence-corrected chi connectivity index (χ1v) is 6.11. The maximum absolute atomic E-state index is 12.5. The smallest absolute Gasteiger partial charge is 0.282 e. The Bertz CT molecular complexity index is 593. The lowest BCUT2D eigenvalue weighted by Crippen LogP contribution is -2.30. The van der Waals surface area contributed by atoms with Crippen molar-refractivity contribution in [2.24, 2.45) is 0 Å². The second kappa shape index (κ2) is 6.21. The van der Waals surface area contributed by atoms with Crippen molar-refractivity contribution in [1.82, 2.24) is 0 Å². The Hall–Kier alpha value is -2.33. The van der Waals surface area contributed by atoms with E-state index in [0.717, 1.165) is 5.56 Å². The maximum atomic E-state index is 12.5. The zero-order chi connectivity index (χ0) is 14.5. The van der Waals surface area contributed by atoms with Gasteiger partial charge in [0.2, 0.25) is 0 Å². The molecule has 0 aromatic heterocycles. The molecule has 4 nitrogen and oxygen atoms in total. The normalized spacial score (nSPS) is 10.2. The number of benzene rings is 2. The van der Waals surface area contributed by atoms with Gasteiger partial charge in [-0.05, 0) is 36.8 Å². The maximum Gasteiger partial charge on any atom is 0.282 e. The third kappa shape index (κ3) is 2.81. The summed E-state index contributed by atoms with van der Waals surface area (Å²) < 4.78 is 5.25. The van der Waals surface area contributed by atoms with Crippen LogP contribution in [0.2, 0.25) is 0 Å². The number of anilines is 1. The highest BCUT2D eigenvalue weighted by Gasteiger charge is 2.20. The Morgan fingerprint density at radius 3 is 2.30 bits per heavy atom. The molecule has 20 heavy (non-hydrogen) atoms. The Balaban J connectivity index is 2.36. The molecule has 0 saturated heterocycles. The molecule has 2 rings (SSSR count). The number of rotatable bonds is 4. The van der Waals surface area contributed by atoms with Crippen molar-refractivity contribution in [3.05, 3.63) is 66.6 Å². The number of carbonyl (C=O) groups excluding carboxylic acids is 1. The minimum atomic E-state index is -0.267. The number of ether oxygens (including phenoxy) is 1. The van der Waals surface area contributed by atoms with Crippen molar-refractivity contribution in [3.63, 3.8) is 0 Å². The van der Waals surface area contributed by atoms with Gasteiger partial charge < -0.3 is 4.74 Å². The molecule has 2 aromatic carbocycles. The van der Waals surface area contributed by atoms with Gasteiger partial charge in [0.05, 0.1) is 14.2 Å². The van der Waals surface area contributed by atoms with Gasteiger partial charge >= 0.3 is 0 Å². The number of para-hydroxylation sites is 2. The minimum Gasteiger partial charge on any atom is -0.494 e. The minimum absolute atomic E-state index is 0.267. The molecular formula is C16H16NO3. The largest absolute Gasteiger partial charge is 0.494 e. The zero-order valence-electron chi connectivity index (χ0n) is 11.5. The Morgan fingerprint density at radius 1 is 1.05 bits per heavy atom. The predicted octanol–water partition coefficient (Wildman–Crippen LogP) is 3.09. The van der Waals surface area contributed by atoms with Crippen LogP contribution in [0.15, 0.2) is 48.5 Å². The molecule has 0 aliphatic heterocycles. The van der Waals surface area contributed by atoms with Crippen LogP contribution in [0, 0.1) is 6.92 Å². The predicted molar refractivity (Wildman–Crippen MR) is 77.7 cm³/mol. The molecule has 0 aliphatic rings. The summed E-state index contributed by atoms with van der Waals surface area (Å²) in [7, 11) is 2.99. The standard InChI is InChI=1S/C16H16NO3/c1-12-8-10-13(11-9-12)16(18)17(20-3)14-6-4-5-7-15(14)19-2/h4-11H,1H2,2-3H3. The summed E-state index contributed by atoms with van der Waals surface area (Å²) in [5, 5.41) is 1.21.